The molecule has 0 aliphatic carbocycles. The number of unbranched alkanes of at least 4 members (excludes halogenated alkanes) is 2. The summed E-state index contributed by atoms with van der Waals surface area (Å²) in [7, 11) is 0. The van der Waals surface area contributed by atoms with Crippen LogP contribution >= 0.6 is 0 Å². The van der Waals surface area contributed by atoms with Gasteiger partial charge in [0, 0.05) is 6.04 Å². The lowest BCUT2D eigenvalue weighted by Crippen LogP contribution is -2.34. The molecule has 0 amide bonds. The first-order chi connectivity index (χ1) is 8.00. The number of hydrogen-bond donors (Lipinski definition) is 1. The van der Waals surface area contributed by atoms with Crippen molar-refractivity contribution in [2.45, 2.75) is 58.9 Å². The molecule has 0 aliphatic heterocycles. The molecule has 1 aromatic rings. The maximum Gasteiger partial charge on any atom is 0.00876 e. The van der Waals surface area contributed by atoms with Gasteiger partial charge in [0.25, 0.3) is 0 Å². The lowest BCUT2D eigenvalue weighted by molar-refractivity contribution is 0.299. The molecule has 2 N–H and O–H groups in total. The van der Waals surface area contributed by atoms with Crippen LogP contribution in [0.3, 0.4) is 0 Å². The molecule has 96 valence electrons. The van der Waals surface area contributed by atoms with Gasteiger partial charge in [0.05, 0.1) is 0 Å². The molecule has 0 aliphatic rings. The van der Waals surface area contributed by atoms with Gasteiger partial charge in [-0.05, 0) is 30.2 Å². The van der Waals surface area contributed by atoms with Gasteiger partial charge in [-0.25, -0.2) is 0 Å². The highest BCUT2D eigenvalue weighted by Gasteiger charge is 2.19. The van der Waals surface area contributed by atoms with Crippen molar-refractivity contribution in [3.8, 4) is 0 Å². The molecule has 0 radical (unpaired) electrons. The van der Waals surface area contributed by atoms with E-state index in [1.54, 1.807) is 0 Å². The molecule has 1 nitrogen and oxygen atoms in total. The molecule has 1 heteroatoms. The topological polar surface area (TPSA) is 26.0 Å². The van der Waals surface area contributed by atoms with Crippen LogP contribution in [0.2, 0.25) is 0 Å². The summed E-state index contributed by atoms with van der Waals surface area (Å²) >= 11 is 0. The van der Waals surface area contributed by atoms with Gasteiger partial charge in [0.2, 0.25) is 0 Å². The van der Waals surface area contributed by atoms with Crippen molar-refractivity contribution >= 4 is 0 Å². The van der Waals surface area contributed by atoms with E-state index in [1.165, 1.54) is 31.2 Å². The molecule has 0 aromatic heterocycles. The highest BCUT2D eigenvalue weighted by molar-refractivity contribution is 5.14. The average Bonchev–Trinajstić information content (AvgIpc) is 2.28. The Morgan fingerprint density at radius 2 is 1.65 bits per heavy atom. The molecule has 1 rings (SSSR count). The van der Waals surface area contributed by atoms with Crippen LogP contribution in [0.25, 0.3) is 0 Å². The zero-order valence-electron chi connectivity index (χ0n) is 11.6. The van der Waals surface area contributed by atoms with Gasteiger partial charge in [0.15, 0.2) is 0 Å². The monoisotopic (exact) mass is 233 g/mol. The molecule has 0 fully saturated rings. The van der Waals surface area contributed by atoms with Crippen LogP contribution in [0.1, 0.15) is 52.0 Å². The first kappa shape index (κ1) is 14.2. The zero-order valence-corrected chi connectivity index (χ0v) is 11.6. The average molecular weight is 233 g/mol. The van der Waals surface area contributed by atoms with E-state index < -0.39 is 0 Å². The Hall–Kier alpha value is -0.820. The van der Waals surface area contributed by atoms with Gasteiger partial charge in [-0.15, -0.1) is 0 Å². The molecule has 0 saturated heterocycles. The van der Waals surface area contributed by atoms with E-state index in [9.17, 15) is 0 Å². The molecule has 1 unspecified atom stereocenters. The minimum atomic E-state index is 0.249. The van der Waals surface area contributed by atoms with E-state index >= 15 is 0 Å². The third kappa shape index (κ3) is 5.88. The zero-order chi connectivity index (χ0) is 12.7. The first-order valence-electron chi connectivity index (χ1n) is 6.79. The van der Waals surface area contributed by atoms with Crippen LogP contribution < -0.4 is 5.73 Å². The summed E-state index contributed by atoms with van der Waals surface area (Å²) in [5.74, 6) is 0. The largest absolute Gasteiger partial charge is 0.327 e. The second-order valence-electron chi connectivity index (χ2n) is 6.06. The second kappa shape index (κ2) is 6.80. The summed E-state index contributed by atoms with van der Waals surface area (Å²) < 4.78 is 0. The minimum absolute atomic E-state index is 0.249. The maximum atomic E-state index is 6.14. The van der Waals surface area contributed by atoms with Gasteiger partial charge >= 0.3 is 0 Å². The molecule has 1 aromatic carbocycles. The van der Waals surface area contributed by atoms with Crippen LogP contribution in [-0.4, -0.2) is 6.04 Å². The number of nitrogens with two attached hydrogens (primary N) is 1. The quantitative estimate of drug-likeness (QED) is 0.733. The Kier molecular flexibility index (Phi) is 5.70. The SMILES string of the molecule is CC(C)(C)C(N)CCCCCc1ccccc1. The first-order valence-corrected chi connectivity index (χ1v) is 6.79. The molecule has 0 saturated carbocycles. The Balaban J connectivity index is 2.09. The molecular weight excluding hydrogens is 206 g/mol. The summed E-state index contributed by atoms with van der Waals surface area (Å²) in [5.41, 5.74) is 7.85. The van der Waals surface area contributed by atoms with Gasteiger partial charge in [-0.1, -0.05) is 63.9 Å². The van der Waals surface area contributed by atoms with E-state index in [0.29, 0.717) is 6.04 Å². The van der Waals surface area contributed by atoms with Crippen LogP contribution in [0, 0.1) is 5.41 Å². The lowest BCUT2D eigenvalue weighted by atomic mass is 9.84. The van der Waals surface area contributed by atoms with Crippen LogP contribution in [-0.2, 0) is 6.42 Å². The number of rotatable bonds is 6. The van der Waals surface area contributed by atoms with Crippen molar-refractivity contribution in [3.05, 3.63) is 35.9 Å². The third-order valence-electron chi connectivity index (χ3n) is 3.44. The fourth-order valence-electron chi connectivity index (χ4n) is 1.95. The number of hydrogen-bond acceptors (Lipinski definition) is 1. The van der Waals surface area contributed by atoms with Crippen LogP contribution in [0.4, 0.5) is 0 Å². The van der Waals surface area contributed by atoms with Crippen molar-refractivity contribution in [2.24, 2.45) is 11.1 Å². The Bertz CT molecular complexity index is 297. The fourth-order valence-corrected chi connectivity index (χ4v) is 1.95. The molecule has 17 heavy (non-hydrogen) atoms. The molecule has 1 atom stereocenters. The summed E-state index contributed by atoms with van der Waals surface area (Å²) in [6, 6.07) is 11.1. The lowest BCUT2D eigenvalue weighted by Gasteiger charge is -2.26. The van der Waals surface area contributed by atoms with Gasteiger partial charge in [-0.3, -0.25) is 0 Å². The molecule has 0 heterocycles. The smallest absolute Gasteiger partial charge is 0.00876 e. The van der Waals surface area contributed by atoms with Gasteiger partial charge < -0.3 is 5.73 Å². The molecular formula is C16H27N. The van der Waals surface area contributed by atoms with Crippen molar-refractivity contribution < 1.29 is 0 Å². The number of aryl methyl sites for hydroxylation is 1. The van der Waals surface area contributed by atoms with Crippen molar-refractivity contribution in [1.82, 2.24) is 0 Å². The standard InChI is InChI=1S/C16H27N/c1-16(2,3)15(17)13-9-5-8-12-14-10-6-4-7-11-14/h4,6-7,10-11,15H,5,8-9,12-13,17H2,1-3H3. The predicted molar refractivity (Wildman–Crippen MR) is 76.0 cm³/mol. The van der Waals surface area contributed by atoms with Crippen LogP contribution in [0.5, 0.6) is 0 Å². The van der Waals surface area contributed by atoms with Gasteiger partial charge in [0.1, 0.15) is 0 Å². The highest BCUT2D eigenvalue weighted by Crippen LogP contribution is 2.21. The van der Waals surface area contributed by atoms with E-state index in [1.807, 2.05) is 0 Å². The Morgan fingerprint density at radius 3 is 2.24 bits per heavy atom. The van der Waals surface area contributed by atoms with E-state index in [2.05, 4.69) is 51.1 Å². The van der Waals surface area contributed by atoms with Crippen molar-refractivity contribution in [3.63, 3.8) is 0 Å². The summed E-state index contributed by atoms with van der Waals surface area (Å²) in [6.45, 7) is 6.67. The maximum absolute atomic E-state index is 6.14. The highest BCUT2D eigenvalue weighted by atomic mass is 14.7. The van der Waals surface area contributed by atoms with E-state index in [-0.39, 0.29) is 5.41 Å². The Labute approximate surface area is 106 Å². The second-order valence-corrected chi connectivity index (χ2v) is 6.06. The fraction of sp³-hybridized carbons (Fsp3) is 0.625. The van der Waals surface area contributed by atoms with E-state index in [0.717, 1.165) is 6.42 Å². The normalized spacial score (nSPS) is 13.6. The molecule has 0 bridgehead atoms. The summed E-state index contributed by atoms with van der Waals surface area (Å²) in [4.78, 5) is 0. The predicted octanol–water partition coefficient (Wildman–Crippen LogP) is 4.16. The summed E-state index contributed by atoms with van der Waals surface area (Å²) in [5, 5.41) is 0. The third-order valence-corrected chi connectivity index (χ3v) is 3.44. The summed E-state index contributed by atoms with van der Waals surface area (Å²) in [6.07, 6.45) is 6.18. The van der Waals surface area contributed by atoms with E-state index in [4.69, 9.17) is 5.73 Å². The Morgan fingerprint density at radius 1 is 1.00 bits per heavy atom. The minimum Gasteiger partial charge on any atom is -0.327 e. The van der Waals surface area contributed by atoms with Crippen molar-refractivity contribution in [2.75, 3.05) is 0 Å². The van der Waals surface area contributed by atoms with Crippen molar-refractivity contribution in [1.29, 1.82) is 0 Å². The van der Waals surface area contributed by atoms with Gasteiger partial charge in [-0.2, -0.15) is 0 Å². The van der Waals surface area contributed by atoms with Crippen LogP contribution in [0.15, 0.2) is 30.3 Å². The number of benzene rings is 1. The molecule has 0 spiro atoms.